The van der Waals surface area contributed by atoms with Crippen LogP contribution in [0.25, 0.3) is 11.4 Å². The Morgan fingerprint density at radius 3 is 1.59 bits per heavy atom. The van der Waals surface area contributed by atoms with Gasteiger partial charge in [-0.2, -0.15) is 5.10 Å². The van der Waals surface area contributed by atoms with Crippen molar-refractivity contribution < 1.29 is 29.7 Å². The van der Waals surface area contributed by atoms with E-state index in [2.05, 4.69) is 25.1 Å². The third-order valence-electron chi connectivity index (χ3n) is 5.96. The normalized spacial score (nSPS) is 17.5. The van der Waals surface area contributed by atoms with Gasteiger partial charge in [-0.3, -0.25) is 34.0 Å². The number of carboxylic acid groups (broad SMARTS) is 3. The second-order valence-corrected chi connectivity index (χ2v) is 8.79. The van der Waals surface area contributed by atoms with Crippen molar-refractivity contribution in [2.75, 3.05) is 72.0 Å². The molecule has 1 saturated heterocycles. The lowest BCUT2D eigenvalue weighted by atomic mass is 10.2. The van der Waals surface area contributed by atoms with Crippen LogP contribution in [0.1, 0.15) is 5.69 Å². The molecule has 14 heteroatoms. The highest BCUT2D eigenvalue weighted by molar-refractivity contribution is 5.69. The molecule has 37 heavy (non-hydrogen) atoms. The summed E-state index contributed by atoms with van der Waals surface area (Å²) in [6.45, 7) is 3.36. The minimum atomic E-state index is -0.986. The minimum absolute atomic E-state index is 0.158. The summed E-state index contributed by atoms with van der Waals surface area (Å²) in [7, 11) is 0. The van der Waals surface area contributed by atoms with Crippen molar-refractivity contribution in [2.24, 2.45) is 0 Å². The second-order valence-electron chi connectivity index (χ2n) is 8.79. The molecule has 0 bridgehead atoms. The van der Waals surface area contributed by atoms with Crippen molar-refractivity contribution in [3.05, 3.63) is 36.4 Å². The van der Waals surface area contributed by atoms with Gasteiger partial charge in [-0.15, -0.1) is 5.10 Å². The van der Waals surface area contributed by atoms with Crippen LogP contribution < -0.4 is 0 Å². The molecule has 3 rings (SSSR count). The molecule has 1 fully saturated rings. The number of carbonyl (C=O) groups is 3. The largest absolute Gasteiger partial charge is 0.480 e. The van der Waals surface area contributed by atoms with Crippen molar-refractivity contribution in [1.82, 2.24) is 39.8 Å². The number of carboxylic acids is 3. The predicted molar refractivity (Wildman–Crippen MR) is 131 cm³/mol. The fraction of sp³-hybridized carbons (Fsp3) is 0.522. The Hall–Kier alpha value is -3.59. The van der Waals surface area contributed by atoms with E-state index in [0.29, 0.717) is 70.3 Å². The van der Waals surface area contributed by atoms with Gasteiger partial charge in [-0.1, -0.05) is 6.07 Å². The summed E-state index contributed by atoms with van der Waals surface area (Å²) in [6.07, 6.45) is 2.88. The summed E-state index contributed by atoms with van der Waals surface area (Å²) in [5.74, 6) is -2.90. The van der Waals surface area contributed by atoms with Gasteiger partial charge in [0, 0.05) is 58.9 Å². The molecule has 3 N–H and O–H groups in total. The summed E-state index contributed by atoms with van der Waals surface area (Å²) in [6, 6.07) is 5.60. The molecule has 0 saturated carbocycles. The first kappa shape index (κ1) is 28.0. The van der Waals surface area contributed by atoms with E-state index in [-0.39, 0.29) is 19.6 Å². The molecule has 200 valence electrons. The van der Waals surface area contributed by atoms with Gasteiger partial charge in [0.1, 0.15) is 12.0 Å². The molecule has 3 heterocycles. The van der Waals surface area contributed by atoms with Crippen molar-refractivity contribution in [3.8, 4) is 11.4 Å². The Balaban J connectivity index is 1.77. The molecule has 0 spiro atoms. The maximum atomic E-state index is 11.4. The van der Waals surface area contributed by atoms with Crippen molar-refractivity contribution >= 4 is 17.9 Å². The molecule has 0 radical (unpaired) electrons. The van der Waals surface area contributed by atoms with Gasteiger partial charge in [0.05, 0.1) is 37.2 Å². The second kappa shape index (κ2) is 14.2. The fourth-order valence-electron chi connectivity index (χ4n) is 4.10. The zero-order valence-electron chi connectivity index (χ0n) is 20.5. The molecular formula is C23H32N8O6. The Morgan fingerprint density at radius 2 is 1.16 bits per heavy atom. The molecule has 0 amide bonds. The van der Waals surface area contributed by atoms with E-state index in [1.54, 1.807) is 14.7 Å². The molecule has 0 atom stereocenters. The van der Waals surface area contributed by atoms with E-state index in [4.69, 9.17) is 0 Å². The van der Waals surface area contributed by atoms with Gasteiger partial charge in [0.25, 0.3) is 0 Å². The zero-order valence-corrected chi connectivity index (χ0v) is 20.5. The molecule has 14 nitrogen and oxygen atoms in total. The quantitative estimate of drug-likeness (QED) is 0.366. The van der Waals surface area contributed by atoms with Gasteiger partial charge >= 0.3 is 17.9 Å². The SMILES string of the molecule is O=C(O)CN1CCN(CC(=O)O)CCN(Cc2cccc(-c3cnncn3)n2)CCN(CC(=O)O)CC1. The van der Waals surface area contributed by atoms with Gasteiger partial charge in [-0.25, -0.2) is 9.97 Å². The van der Waals surface area contributed by atoms with E-state index >= 15 is 0 Å². The third kappa shape index (κ3) is 10.1. The van der Waals surface area contributed by atoms with Crippen molar-refractivity contribution in [1.29, 1.82) is 0 Å². The molecule has 2 aromatic heterocycles. The lowest BCUT2D eigenvalue weighted by Gasteiger charge is -2.33. The van der Waals surface area contributed by atoms with Crippen molar-refractivity contribution in [2.45, 2.75) is 6.54 Å². The van der Waals surface area contributed by atoms with Crippen LogP contribution in [0.5, 0.6) is 0 Å². The van der Waals surface area contributed by atoms with Crippen LogP contribution in [-0.2, 0) is 20.9 Å². The van der Waals surface area contributed by atoms with Crippen LogP contribution in [0.4, 0.5) is 0 Å². The highest BCUT2D eigenvalue weighted by atomic mass is 16.4. The van der Waals surface area contributed by atoms with Crippen LogP contribution in [0.3, 0.4) is 0 Å². The fourth-order valence-corrected chi connectivity index (χ4v) is 4.10. The van der Waals surface area contributed by atoms with E-state index < -0.39 is 17.9 Å². The summed E-state index contributed by atoms with van der Waals surface area (Å²) < 4.78 is 0. The van der Waals surface area contributed by atoms with Gasteiger partial charge in [0.2, 0.25) is 0 Å². The Bertz CT molecular complexity index is 1010. The maximum absolute atomic E-state index is 11.4. The van der Waals surface area contributed by atoms with E-state index in [1.165, 1.54) is 12.5 Å². The lowest BCUT2D eigenvalue weighted by molar-refractivity contribution is -0.140. The van der Waals surface area contributed by atoms with Gasteiger partial charge < -0.3 is 15.3 Å². The first-order chi connectivity index (χ1) is 17.8. The van der Waals surface area contributed by atoms with Crippen LogP contribution >= 0.6 is 0 Å². The monoisotopic (exact) mass is 516 g/mol. The van der Waals surface area contributed by atoms with E-state index in [1.807, 2.05) is 18.2 Å². The third-order valence-corrected chi connectivity index (χ3v) is 5.96. The molecular weight excluding hydrogens is 484 g/mol. The smallest absolute Gasteiger partial charge is 0.317 e. The summed E-state index contributed by atoms with van der Waals surface area (Å²) in [4.78, 5) is 50.5. The molecule has 1 aliphatic heterocycles. The first-order valence-corrected chi connectivity index (χ1v) is 11.9. The maximum Gasteiger partial charge on any atom is 0.317 e. The highest BCUT2D eigenvalue weighted by Crippen LogP contribution is 2.14. The lowest BCUT2D eigenvalue weighted by Crippen LogP contribution is -2.48. The molecule has 0 aliphatic carbocycles. The van der Waals surface area contributed by atoms with Gasteiger partial charge in [0.15, 0.2) is 0 Å². The molecule has 2 aromatic rings. The number of hydrogen-bond acceptors (Lipinski definition) is 11. The number of hydrogen-bond donors (Lipinski definition) is 3. The average molecular weight is 517 g/mol. The summed E-state index contributed by atoms with van der Waals surface area (Å²) in [5.41, 5.74) is 2.03. The standard InChI is InChI=1S/C23H32N8O6/c32-21(33)14-29-6-4-28(13-18-2-1-3-19(27-18)20-12-25-26-17-24-20)5-7-30(15-22(34)35)9-11-31(10-8-29)16-23(36)37/h1-3,12,17H,4-11,13-16H2,(H,32,33)(H,34,35)(H,36,37). The highest BCUT2D eigenvalue weighted by Gasteiger charge is 2.20. The summed E-state index contributed by atoms with van der Waals surface area (Å²) in [5, 5.41) is 35.5. The van der Waals surface area contributed by atoms with Crippen LogP contribution in [-0.4, -0.2) is 145 Å². The van der Waals surface area contributed by atoms with Crippen LogP contribution in [0.15, 0.2) is 30.7 Å². The number of aromatic nitrogens is 4. The predicted octanol–water partition coefficient (Wildman–Crippen LogP) is -1.09. The zero-order chi connectivity index (χ0) is 26.6. The number of rotatable bonds is 9. The first-order valence-electron chi connectivity index (χ1n) is 11.9. The van der Waals surface area contributed by atoms with E-state index in [9.17, 15) is 29.7 Å². The molecule has 0 unspecified atom stereocenters. The Morgan fingerprint density at radius 1 is 0.676 bits per heavy atom. The van der Waals surface area contributed by atoms with Crippen molar-refractivity contribution in [3.63, 3.8) is 0 Å². The van der Waals surface area contributed by atoms with E-state index in [0.717, 1.165) is 5.69 Å². The Kier molecular flexibility index (Phi) is 10.8. The van der Waals surface area contributed by atoms with Crippen LogP contribution in [0, 0.1) is 0 Å². The Labute approximate surface area is 214 Å². The summed E-state index contributed by atoms with van der Waals surface area (Å²) >= 11 is 0. The average Bonchev–Trinajstić information content (AvgIpc) is 2.85. The topological polar surface area (TPSA) is 176 Å². The van der Waals surface area contributed by atoms with Crippen LogP contribution in [0.2, 0.25) is 0 Å². The van der Waals surface area contributed by atoms with Gasteiger partial charge in [-0.05, 0) is 12.1 Å². The number of pyridine rings is 1. The number of nitrogens with zero attached hydrogens (tertiary/aromatic N) is 8. The number of aliphatic carboxylic acids is 3. The minimum Gasteiger partial charge on any atom is -0.480 e. The molecule has 1 aliphatic rings. The molecule has 0 aromatic carbocycles.